The van der Waals surface area contributed by atoms with Gasteiger partial charge in [0.25, 0.3) is 0 Å². The van der Waals surface area contributed by atoms with E-state index in [0.29, 0.717) is 23.9 Å². The van der Waals surface area contributed by atoms with Crippen molar-refractivity contribution in [3.05, 3.63) is 47.3 Å². The second-order valence-corrected chi connectivity index (χ2v) is 8.15. The van der Waals surface area contributed by atoms with Gasteiger partial charge in [-0.25, -0.2) is 13.1 Å². The monoisotopic (exact) mass is 350 g/mol. The van der Waals surface area contributed by atoms with Gasteiger partial charge < -0.3 is 5.73 Å². The van der Waals surface area contributed by atoms with E-state index in [9.17, 15) is 8.42 Å². The molecule has 0 aliphatic carbocycles. The Bertz CT molecular complexity index is 782. The van der Waals surface area contributed by atoms with Crippen LogP contribution < -0.4 is 10.5 Å². The summed E-state index contributed by atoms with van der Waals surface area (Å²) in [7, 11) is -3.65. The number of aryl methyl sites for hydroxylation is 1. The Morgan fingerprint density at radius 1 is 1.21 bits per heavy atom. The molecule has 1 unspecified atom stereocenters. The van der Waals surface area contributed by atoms with E-state index in [1.54, 1.807) is 18.5 Å². The quantitative estimate of drug-likeness (QED) is 0.800. The summed E-state index contributed by atoms with van der Waals surface area (Å²) in [5.41, 5.74) is 8.14. The van der Waals surface area contributed by atoms with Gasteiger partial charge in [-0.3, -0.25) is 4.68 Å². The third kappa shape index (κ3) is 4.23. The van der Waals surface area contributed by atoms with E-state index in [0.717, 1.165) is 5.56 Å². The largest absolute Gasteiger partial charge is 0.323 e. The smallest absolute Gasteiger partial charge is 0.244 e. The van der Waals surface area contributed by atoms with E-state index in [4.69, 9.17) is 5.73 Å². The Morgan fingerprint density at radius 2 is 1.83 bits per heavy atom. The Hall–Kier alpha value is -1.70. The summed E-state index contributed by atoms with van der Waals surface area (Å²) in [6, 6.07) is 9.04. The zero-order chi connectivity index (χ0) is 17.9. The molecule has 6 nitrogen and oxygen atoms in total. The van der Waals surface area contributed by atoms with Crippen molar-refractivity contribution in [2.45, 2.75) is 45.2 Å². The fraction of sp³-hybridized carbons (Fsp3) is 0.471. The van der Waals surface area contributed by atoms with Crippen molar-refractivity contribution in [2.24, 2.45) is 11.7 Å². The minimum Gasteiger partial charge on any atom is -0.323 e. The molecule has 24 heavy (non-hydrogen) atoms. The summed E-state index contributed by atoms with van der Waals surface area (Å²) in [6.07, 6.45) is 0. The van der Waals surface area contributed by atoms with Crippen molar-refractivity contribution >= 4 is 10.0 Å². The first-order chi connectivity index (χ1) is 11.2. The van der Waals surface area contributed by atoms with Gasteiger partial charge in [-0.15, -0.1) is 0 Å². The Balaban J connectivity index is 2.17. The zero-order valence-corrected chi connectivity index (χ0v) is 15.5. The highest BCUT2D eigenvalue weighted by Gasteiger charge is 2.25. The molecule has 132 valence electrons. The normalized spacial score (nSPS) is 13.4. The Labute approximate surface area is 144 Å². The lowest BCUT2D eigenvalue weighted by Crippen LogP contribution is -2.32. The van der Waals surface area contributed by atoms with Gasteiger partial charge in [0.2, 0.25) is 10.0 Å². The van der Waals surface area contributed by atoms with E-state index >= 15 is 0 Å². The highest BCUT2D eigenvalue weighted by atomic mass is 32.2. The van der Waals surface area contributed by atoms with Gasteiger partial charge in [-0.2, -0.15) is 5.10 Å². The van der Waals surface area contributed by atoms with Crippen molar-refractivity contribution in [3.63, 3.8) is 0 Å². The second kappa shape index (κ2) is 7.46. The predicted octanol–water partition coefficient (Wildman–Crippen LogP) is 2.13. The first kappa shape index (κ1) is 18.6. The average molecular weight is 350 g/mol. The lowest BCUT2D eigenvalue weighted by Gasteiger charge is -2.14. The SMILES string of the molecule is Cc1nn(CC(C)C)c(C)c1S(=O)(=O)NCC(N)c1ccccc1. The Kier molecular flexibility index (Phi) is 5.79. The van der Waals surface area contributed by atoms with E-state index in [-0.39, 0.29) is 11.4 Å². The van der Waals surface area contributed by atoms with Gasteiger partial charge in [-0.05, 0) is 25.3 Å². The molecular weight excluding hydrogens is 324 g/mol. The summed E-state index contributed by atoms with van der Waals surface area (Å²) < 4.78 is 29.7. The zero-order valence-electron chi connectivity index (χ0n) is 14.7. The number of sulfonamides is 1. The molecule has 0 saturated carbocycles. The maximum atomic E-state index is 12.7. The molecule has 1 heterocycles. The lowest BCUT2D eigenvalue weighted by atomic mass is 10.1. The number of nitrogens with two attached hydrogens (primary N) is 1. The van der Waals surface area contributed by atoms with E-state index in [1.165, 1.54) is 0 Å². The van der Waals surface area contributed by atoms with Crippen molar-refractivity contribution < 1.29 is 8.42 Å². The maximum Gasteiger partial charge on any atom is 0.244 e. The van der Waals surface area contributed by atoms with Crippen LogP contribution in [0.2, 0.25) is 0 Å². The molecule has 0 aliphatic heterocycles. The number of hydrogen-bond acceptors (Lipinski definition) is 4. The van der Waals surface area contributed by atoms with Crippen molar-refractivity contribution in [1.29, 1.82) is 0 Å². The van der Waals surface area contributed by atoms with Crippen LogP contribution in [0.1, 0.15) is 36.8 Å². The topological polar surface area (TPSA) is 90.0 Å². The second-order valence-electron chi connectivity index (χ2n) is 6.44. The number of aromatic nitrogens is 2. The summed E-state index contributed by atoms with van der Waals surface area (Å²) >= 11 is 0. The van der Waals surface area contributed by atoms with Gasteiger partial charge in [0.15, 0.2) is 0 Å². The average Bonchev–Trinajstić information content (AvgIpc) is 2.79. The molecule has 2 aromatic rings. The molecule has 0 saturated heterocycles. The number of benzene rings is 1. The fourth-order valence-electron chi connectivity index (χ4n) is 2.68. The molecule has 0 amide bonds. The van der Waals surface area contributed by atoms with Gasteiger partial charge in [-0.1, -0.05) is 44.2 Å². The van der Waals surface area contributed by atoms with Crippen LogP contribution in [0.5, 0.6) is 0 Å². The predicted molar refractivity (Wildman–Crippen MR) is 95.1 cm³/mol. The first-order valence-electron chi connectivity index (χ1n) is 8.06. The highest BCUT2D eigenvalue weighted by molar-refractivity contribution is 7.89. The van der Waals surface area contributed by atoms with Crippen LogP contribution in [0.15, 0.2) is 35.2 Å². The molecule has 0 fully saturated rings. The number of nitrogens with zero attached hydrogens (tertiary/aromatic N) is 2. The van der Waals surface area contributed by atoms with Crippen LogP contribution in [0.4, 0.5) is 0 Å². The van der Waals surface area contributed by atoms with Crippen molar-refractivity contribution in [2.75, 3.05) is 6.54 Å². The standard InChI is InChI=1S/C17H26N4O2S/c1-12(2)11-21-14(4)17(13(3)20-21)24(22,23)19-10-16(18)15-8-6-5-7-9-15/h5-9,12,16,19H,10-11,18H2,1-4H3. The summed E-state index contributed by atoms with van der Waals surface area (Å²) in [5, 5.41) is 4.37. The fourth-order valence-corrected chi connectivity index (χ4v) is 4.15. The molecule has 0 aliphatic rings. The van der Waals surface area contributed by atoms with Crippen molar-refractivity contribution in [1.82, 2.24) is 14.5 Å². The molecule has 2 rings (SSSR count). The van der Waals surface area contributed by atoms with Gasteiger partial charge in [0.1, 0.15) is 4.90 Å². The minimum absolute atomic E-state index is 0.139. The lowest BCUT2D eigenvalue weighted by molar-refractivity contribution is 0.471. The van der Waals surface area contributed by atoms with Crippen LogP contribution in [0, 0.1) is 19.8 Å². The van der Waals surface area contributed by atoms with Crippen LogP contribution >= 0.6 is 0 Å². The molecular formula is C17H26N4O2S. The van der Waals surface area contributed by atoms with Crippen LogP contribution in [-0.2, 0) is 16.6 Å². The van der Waals surface area contributed by atoms with Crippen LogP contribution in [0.3, 0.4) is 0 Å². The van der Waals surface area contributed by atoms with Crippen molar-refractivity contribution in [3.8, 4) is 0 Å². The molecule has 1 atom stereocenters. The molecule has 3 N–H and O–H groups in total. The van der Waals surface area contributed by atoms with Crippen LogP contribution in [0.25, 0.3) is 0 Å². The molecule has 1 aromatic carbocycles. The molecule has 1 aromatic heterocycles. The summed E-state index contributed by atoms with van der Waals surface area (Å²) in [4.78, 5) is 0.253. The highest BCUT2D eigenvalue weighted by Crippen LogP contribution is 2.20. The van der Waals surface area contributed by atoms with E-state index in [2.05, 4.69) is 23.7 Å². The van der Waals surface area contributed by atoms with E-state index in [1.807, 2.05) is 30.3 Å². The third-order valence-electron chi connectivity index (χ3n) is 3.84. The van der Waals surface area contributed by atoms with E-state index < -0.39 is 16.1 Å². The third-order valence-corrected chi connectivity index (χ3v) is 5.52. The molecule has 7 heteroatoms. The molecule has 0 spiro atoms. The van der Waals surface area contributed by atoms with Gasteiger partial charge in [0, 0.05) is 19.1 Å². The molecule has 0 bridgehead atoms. The minimum atomic E-state index is -3.65. The summed E-state index contributed by atoms with van der Waals surface area (Å²) in [6.45, 7) is 8.47. The Morgan fingerprint density at radius 3 is 2.42 bits per heavy atom. The van der Waals surface area contributed by atoms with Crippen LogP contribution in [-0.4, -0.2) is 24.7 Å². The first-order valence-corrected chi connectivity index (χ1v) is 9.55. The summed E-state index contributed by atoms with van der Waals surface area (Å²) in [5.74, 6) is 0.387. The number of nitrogens with one attached hydrogen (secondary N) is 1. The van der Waals surface area contributed by atoms with Gasteiger partial charge in [0.05, 0.1) is 11.4 Å². The molecule has 0 radical (unpaired) electrons. The number of hydrogen-bond donors (Lipinski definition) is 2. The maximum absolute atomic E-state index is 12.7. The van der Waals surface area contributed by atoms with Gasteiger partial charge >= 0.3 is 0 Å². The number of rotatable bonds is 7.